The van der Waals surface area contributed by atoms with E-state index < -0.39 is 24.3 Å². The Morgan fingerprint density at radius 3 is 2.20 bits per heavy atom. The summed E-state index contributed by atoms with van der Waals surface area (Å²) in [4.78, 5) is 36.0. The van der Waals surface area contributed by atoms with Crippen molar-refractivity contribution < 1.29 is 32.6 Å². The number of anilines is 2. The fourth-order valence-electron chi connectivity index (χ4n) is 6.49. The maximum absolute atomic E-state index is 14.3. The van der Waals surface area contributed by atoms with Gasteiger partial charge in [-0.2, -0.15) is 23.1 Å². The van der Waals surface area contributed by atoms with Crippen molar-refractivity contribution in [3.8, 4) is 17.0 Å². The van der Waals surface area contributed by atoms with Crippen molar-refractivity contribution >= 4 is 23.6 Å². The minimum Gasteiger partial charge on any atom is -0.480 e. The Morgan fingerprint density at radius 2 is 1.61 bits per heavy atom. The lowest BCUT2D eigenvalue weighted by Gasteiger charge is -2.39. The van der Waals surface area contributed by atoms with E-state index in [0.29, 0.717) is 68.9 Å². The first-order chi connectivity index (χ1) is 22.0. The zero-order chi connectivity index (χ0) is 32.5. The number of rotatable bonds is 7. The number of nitrogens with two attached hydrogens (primary N) is 1. The van der Waals surface area contributed by atoms with Gasteiger partial charge in [0, 0.05) is 63.0 Å². The molecule has 0 radical (unpaired) electrons. The summed E-state index contributed by atoms with van der Waals surface area (Å²) in [6, 6.07) is 13.7. The lowest BCUT2D eigenvalue weighted by molar-refractivity contribution is -0.198. The highest BCUT2D eigenvalue weighted by Gasteiger charge is 2.45. The summed E-state index contributed by atoms with van der Waals surface area (Å²) in [6.07, 6.45) is -5.11. The van der Waals surface area contributed by atoms with E-state index in [1.165, 1.54) is 18.2 Å². The van der Waals surface area contributed by atoms with Gasteiger partial charge in [-0.25, -0.2) is 0 Å². The Kier molecular flexibility index (Phi) is 8.75. The van der Waals surface area contributed by atoms with Crippen molar-refractivity contribution in [2.45, 2.75) is 37.6 Å². The summed E-state index contributed by atoms with van der Waals surface area (Å²) < 4.78 is 48.4. The molecule has 1 spiro atoms. The third kappa shape index (κ3) is 6.87. The van der Waals surface area contributed by atoms with Crippen LogP contribution in [0, 0.1) is 5.41 Å². The molecule has 2 aromatic carbocycles. The topological polar surface area (TPSA) is 146 Å². The molecule has 0 aliphatic carbocycles. The number of hydrogen-bond donors (Lipinski definition) is 4. The number of nitrogens with one attached hydrogen (secondary N) is 2. The average molecular weight is 640 g/mol. The lowest BCUT2D eigenvalue weighted by atomic mass is 9.76. The third-order valence-electron chi connectivity index (χ3n) is 9.13. The molecule has 3 aliphatic rings. The molecule has 0 saturated carbocycles. The second-order valence-electron chi connectivity index (χ2n) is 12.2. The highest BCUT2D eigenvalue weighted by molar-refractivity contribution is 5.94. The minimum atomic E-state index is -4.75. The van der Waals surface area contributed by atoms with E-state index in [1.807, 2.05) is 4.90 Å². The second-order valence-corrected chi connectivity index (χ2v) is 12.2. The van der Waals surface area contributed by atoms with Gasteiger partial charge in [0.25, 0.3) is 5.91 Å². The Balaban J connectivity index is 1.14. The number of carboxylic acid groups (broad SMARTS) is 1. The molecule has 0 bridgehead atoms. The summed E-state index contributed by atoms with van der Waals surface area (Å²) in [5.74, 6) is -1.07. The number of amides is 1. The molecule has 1 unspecified atom stereocenters. The average Bonchev–Trinajstić information content (AvgIpc) is 3.47. The van der Waals surface area contributed by atoms with Crippen molar-refractivity contribution in [1.29, 1.82) is 0 Å². The van der Waals surface area contributed by atoms with Crippen LogP contribution in [-0.4, -0.2) is 89.9 Å². The standard InChI is InChI=1S/C32H36F3N7O4/c33-32(34,35)27(22-5-1-20(2-6-22)21-3-7-23(8-4-21)28(43)42-15-11-37-12-16-42)46-26-17-25(39-30(36)40-26)41-13-9-31(10-14-41)18-24(29(44)45)38-19-31/h1-8,17,24,27,37-38H,9-16,18-19H2,(H,44,45)(H2,36,39,40)/t24?,27-/m1/s1. The second kappa shape index (κ2) is 12.8. The van der Waals surface area contributed by atoms with Crippen molar-refractivity contribution in [1.82, 2.24) is 25.5 Å². The molecule has 46 heavy (non-hydrogen) atoms. The number of benzene rings is 2. The monoisotopic (exact) mass is 639 g/mol. The van der Waals surface area contributed by atoms with Gasteiger partial charge in [-0.3, -0.25) is 9.59 Å². The molecule has 244 valence electrons. The van der Waals surface area contributed by atoms with Crippen LogP contribution in [0.3, 0.4) is 0 Å². The number of carbonyl (C=O) groups is 2. The molecule has 2 atom stereocenters. The number of nitrogen functional groups attached to an aromatic ring is 1. The Morgan fingerprint density at radius 1 is 0.978 bits per heavy atom. The number of aromatic nitrogens is 2. The Hall–Kier alpha value is -4.43. The van der Waals surface area contributed by atoms with Crippen molar-refractivity contribution in [3.05, 3.63) is 65.7 Å². The zero-order valence-corrected chi connectivity index (χ0v) is 25.1. The van der Waals surface area contributed by atoms with Crippen LogP contribution in [0.25, 0.3) is 11.1 Å². The van der Waals surface area contributed by atoms with Gasteiger partial charge in [-0.1, -0.05) is 36.4 Å². The van der Waals surface area contributed by atoms with E-state index in [2.05, 4.69) is 20.6 Å². The molecule has 5 N–H and O–H groups in total. The molecule has 3 saturated heterocycles. The van der Waals surface area contributed by atoms with E-state index in [4.69, 9.17) is 10.5 Å². The number of piperidine rings is 1. The van der Waals surface area contributed by atoms with Gasteiger partial charge >= 0.3 is 12.1 Å². The van der Waals surface area contributed by atoms with Crippen LogP contribution in [0.15, 0.2) is 54.6 Å². The summed E-state index contributed by atoms with van der Waals surface area (Å²) in [5.41, 5.74) is 7.66. The number of piperazine rings is 1. The van der Waals surface area contributed by atoms with Crippen LogP contribution in [-0.2, 0) is 4.79 Å². The fraction of sp³-hybridized carbons (Fsp3) is 0.438. The quantitative estimate of drug-likeness (QED) is 0.303. The van der Waals surface area contributed by atoms with E-state index in [1.54, 1.807) is 41.3 Å². The molecule has 1 amide bonds. The molecular weight excluding hydrogens is 603 g/mol. The zero-order valence-electron chi connectivity index (χ0n) is 25.1. The number of aliphatic carboxylic acids is 1. The highest BCUT2D eigenvalue weighted by Crippen LogP contribution is 2.41. The molecule has 3 aromatic rings. The number of ether oxygens (including phenoxy) is 1. The van der Waals surface area contributed by atoms with E-state index >= 15 is 0 Å². The van der Waals surface area contributed by atoms with Crippen LogP contribution in [0.4, 0.5) is 24.9 Å². The molecular formula is C32H36F3N7O4. The molecule has 3 fully saturated rings. The minimum absolute atomic E-state index is 0.0497. The molecule has 1 aromatic heterocycles. The number of hydrogen-bond acceptors (Lipinski definition) is 9. The van der Waals surface area contributed by atoms with Crippen molar-refractivity contribution in [2.24, 2.45) is 5.41 Å². The van der Waals surface area contributed by atoms with Gasteiger partial charge < -0.3 is 36.0 Å². The fourth-order valence-corrected chi connectivity index (χ4v) is 6.49. The smallest absolute Gasteiger partial charge is 0.429 e. The van der Waals surface area contributed by atoms with Crippen molar-refractivity contribution in [3.63, 3.8) is 0 Å². The van der Waals surface area contributed by atoms with Gasteiger partial charge in [0.1, 0.15) is 11.9 Å². The van der Waals surface area contributed by atoms with E-state index in [-0.39, 0.29) is 28.7 Å². The number of carbonyl (C=O) groups excluding carboxylic acids is 1. The summed E-state index contributed by atoms with van der Waals surface area (Å²) in [6.45, 7) is 4.46. The highest BCUT2D eigenvalue weighted by atomic mass is 19.4. The first-order valence-corrected chi connectivity index (χ1v) is 15.3. The van der Waals surface area contributed by atoms with Gasteiger partial charge in [0.05, 0.1) is 0 Å². The Labute approximate surface area is 263 Å². The molecule has 4 heterocycles. The van der Waals surface area contributed by atoms with Crippen LogP contribution >= 0.6 is 0 Å². The van der Waals surface area contributed by atoms with Crippen molar-refractivity contribution in [2.75, 3.05) is 56.4 Å². The van der Waals surface area contributed by atoms with E-state index in [0.717, 1.165) is 18.7 Å². The molecule has 3 aliphatic heterocycles. The number of nitrogens with zero attached hydrogens (tertiary/aromatic N) is 4. The number of carboxylic acids is 1. The van der Waals surface area contributed by atoms with Gasteiger partial charge in [-0.05, 0) is 47.9 Å². The lowest BCUT2D eigenvalue weighted by Crippen LogP contribution is -2.46. The maximum atomic E-state index is 14.3. The molecule has 6 rings (SSSR count). The van der Waals surface area contributed by atoms with Crippen LogP contribution in [0.1, 0.15) is 41.3 Å². The predicted octanol–water partition coefficient (Wildman–Crippen LogP) is 3.49. The number of halogens is 3. The van der Waals surface area contributed by atoms with E-state index in [9.17, 15) is 27.9 Å². The summed E-state index contributed by atoms with van der Waals surface area (Å²) >= 11 is 0. The van der Waals surface area contributed by atoms with Gasteiger partial charge in [-0.15, -0.1) is 0 Å². The maximum Gasteiger partial charge on any atom is 0.429 e. The summed E-state index contributed by atoms with van der Waals surface area (Å²) in [5, 5.41) is 15.6. The normalized spacial score (nSPS) is 20.5. The van der Waals surface area contributed by atoms with Gasteiger partial charge in [0.15, 0.2) is 0 Å². The predicted molar refractivity (Wildman–Crippen MR) is 164 cm³/mol. The van der Waals surface area contributed by atoms with Gasteiger partial charge in [0.2, 0.25) is 17.9 Å². The first kappa shape index (κ1) is 31.5. The number of alkyl halides is 3. The summed E-state index contributed by atoms with van der Waals surface area (Å²) in [7, 11) is 0. The molecule has 11 nitrogen and oxygen atoms in total. The third-order valence-corrected chi connectivity index (χ3v) is 9.13. The SMILES string of the molecule is Nc1nc(O[C@H](c2ccc(-c3ccc(C(=O)N4CCNCC4)cc3)cc2)C(F)(F)F)cc(N2CCC3(CC2)CNC(C(=O)O)C3)n1. The van der Waals surface area contributed by atoms with Crippen LogP contribution in [0.5, 0.6) is 5.88 Å². The molecule has 14 heteroatoms. The Bertz CT molecular complexity index is 1560. The van der Waals surface area contributed by atoms with Crippen LogP contribution < -0.4 is 26.0 Å². The largest absolute Gasteiger partial charge is 0.480 e. The first-order valence-electron chi connectivity index (χ1n) is 15.3. The van der Waals surface area contributed by atoms with Crippen LogP contribution in [0.2, 0.25) is 0 Å².